The Balaban J connectivity index is 3.36. The van der Waals surface area contributed by atoms with Gasteiger partial charge in [-0.1, -0.05) is 6.42 Å². The summed E-state index contributed by atoms with van der Waals surface area (Å²) in [5.41, 5.74) is 5.24. The highest BCUT2D eigenvalue weighted by Crippen LogP contribution is 2.10. The minimum Gasteiger partial charge on any atom is -0.396 e. The van der Waals surface area contributed by atoms with Crippen LogP contribution in [0.2, 0.25) is 0 Å². The molecule has 0 rings (SSSR count). The molecule has 11 heavy (non-hydrogen) atoms. The maximum absolute atomic E-state index is 8.68. The molecule has 0 aliphatic rings. The minimum atomic E-state index is -1.40. The van der Waals surface area contributed by atoms with Gasteiger partial charge in [0.15, 0.2) is 6.29 Å². The fourth-order valence-electron chi connectivity index (χ4n) is 0.886. The summed E-state index contributed by atoms with van der Waals surface area (Å²) in [6.07, 6.45) is 0.909. The second-order valence-corrected chi connectivity index (χ2v) is 2.64. The van der Waals surface area contributed by atoms with E-state index in [0.717, 1.165) is 12.8 Å². The molecular formula is C7H17NO3. The molecule has 0 spiro atoms. The first-order chi connectivity index (χ1) is 5.22. The lowest BCUT2D eigenvalue weighted by Crippen LogP contribution is -2.23. The average Bonchev–Trinajstić information content (AvgIpc) is 1.97. The van der Waals surface area contributed by atoms with Gasteiger partial charge in [-0.25, -0.2) is 0 Å². The first-order valence-corrected chi connectivity index (χ1v) is 3.89. The lowest BCUT2D eigenvalue weighted by Gasteiger charge is -2.15. The van der Waals surface area contributed by atoms with Gasteiger partial charge in [-0.15, -0.1) is 0 Å². The second kappa shape index (κ2) is 6.54. The Bertz CT molecular complexity index is 87.8. The van der Waals surface area contributed by atoms with Crippen LogP contribution in [-0.2, 0) is 0 Å². The monoisotopic (exact) mass is 163 g/mol. The molecule has 0 aromatic rings. The molecule has 0 fully saturated rings. The lowest BCUT2D eigenvalue weighted by atomic mass is 10.0. The van der Waals surface area contributed by atoms with Crippen LogP contribution in [0, 0.1) is 5.92 Å². The fourth-order valence-corrected chi connectivity index (χ4v) is 0.886. The summed E-state index contributed by atoms with van der Waals surface area (Å²) in [6.45, 7) is 0.432. The van der Waals surface area contributed by atoms with Crippen LogP contribution >= 0.6 is 0 Å². The van der Waals surface area contributed by atoms with E-state index in [4.69, 9.17) is 21.1 Å². The Kier molecular flexibility index (Phi) is 6.45. The lowest BCUT2D eigenvalue weighted by molar-refractivity contribution is -0.0988. The Morgan fingerprint density at radius 3 is 2.18 bits per heavy atom. The van der Waals surface area contributed by atoms with Crippen molar-refractivity contribution >= 4 is 0 Å². The highest BCUT2D eigenvalue weighted by Gasteiger charge is 2.14. The molecule has 1 unspecified atom stereocenters. The third-order valence-corrected chi connectivity index (χ3v) is 1.69. The van der Waals surface area contributed by atoms with Crippen molar-refractivity contribution in [1.82, 2.24) is 0 Å². The zero-order valence-corrected chi connectivity index (χ0v) is 6.61. The molecule has 1 atom stereocenters. The van der Waals surface area contributed by atoms with E-state index in [1.165, 1.54) is 0 Å². The van der Waals surface area contributed by atoms with Crippen LogP contribution in [0.5, 0.6) is 0 Å². The van der Waals surface area contributed by atoms with Gasteiger partial charge in [0.25, 0.3) is 0 Å². The predicted octanol–water partition coefficient (Wildman–Crippen LogP) is -0.965. The summed E-state index contributed by atoms with van der Waals surface area (Å²) in [7, 11) is 0. The minimum absolute atomic E-state index is 0.178. The van der Waals surface area contributed by atoms with E-state index in [0.29, 0.717) is 13.0 Å². The van der Waals surface area contributed by atoms with Gasteiger partial charge in [-0.3, -0.25) is 0 Å². The van der Waals surface area contributed by atoms with Crippen molar-refractivity contribution in [2.24, 2.45) is 11.7 Å². The molecule has 0 aliphatic carbocycles. The van der Waals surface area contributed by atoms with Crippen molar-refractivity contribution in [2.75, 3.05) is 13.2 Å². The SMILES string of the molecule is NCCCCC(CO)C(O)O. The van der Waals surface area contributed by atoms with E-state index in [1.54, 1.807) is 0 Å². The normalized spacial score (nSPS) is 13.9. The first-order valence-electron chi connectivity index (χ1n) is 3.89. The summed E-state index contributed by atoms with van der Waals surface area (Å²) in [5, 5.41) is 26.0. The molecule has 0 aromatic carbocycles. The predicted molar refractivity (Wildman–Crippen MR) is 41.7 cm³/mol. The maximum atomic E-state index is 8.68. The molecule has 0 radical (unpaired) electrons. The van der Waals surface area contributed by atoms with Crippen molar-refractivity contribution in [2.45, 2.75) is 25.6 Å². The molecule has 0 heterocycles. The van der Waals surface area contributed by atoms with E-state index in [-0.39, 0.29) is 6.61 Å². The van der Waals surface area contributed by atoms with Crippen molar-refractivity contribution < 1.29 is 15.3 Å². The molecule has 0 bridgehead atoms. The summed E-state index contributed by atoms with van der Waals surface area (Å²) in [5.74, 6) is -0.415. The van der Waals surface area contributed by atoms with Crippen LogP contribution in [0.25, 0.3) is 0 Å². The molecule has 0 aromatic heterocycles. The van der Waals surface area contributed by atoms with E-state index < -0.39 is 12.2 Å². The van der Waals surface area contributed by atoms with Crippen molar-refractivity contribution in [3.05, 3.63) is 0 Å². The van der Waals surface area contributed by atoms with Crippen LogP contribution in [-0.4, -0.2) is 34.8 Å². The van der Waals surface area contributed by atoms with Crippen LogP contribution < -0.4 is 5.73 Å². The number of aliphatic hydroxyl groups is 3. The van der Waals surface area contributed by atoms with Crippen LogP contribution in [0.3, 0.4) is 0 Å². The summed E-state index contributed by atoms with van der Waals surface area (Å²) in [6, 6.07) is 0. The largest absolute Gasteiger partial charge is 0.396 e. The summed E-state index contributed by atoms with van der Waals surface area (Å²) >= 11 is 0. The number of rotatable bonds is 6. The number of nitrogens with two attached hydrogens (primary N) is 1. The van der Waals surface area contributed by atoms with Gasteiger partial charge in [0.1, 0.15) is 0 Å². The van der Waals surface area contributed by atoms with E-state index >= 15 is 0 Å². The van der Waals surface area contributed by atoms with E-state index in [2.05, 4.69) is 0 Å². The Morgan fingerprint density at radius 2 is 1.82 bits per heavy atom. The topological polar surface area (TPSA) is 86.7 Å². The Labute approximate surface area is 66.7 Å². The summed E-state index contributed by atoms with van der Waals surface area (Å²) < 4.78 is 0. The maximum Gasteiger partial charge on any atom is 0.156 e. The molecule has 0 aliphatic heterocycles. The van der Waals surface area contributed by atoms with Gasteiger partial charge in [0.2, 0.25) is 0 Å². The van der Waals surface area contributed by atoms with E-state index in [9.17, 15) is 0 Å². The van der Waals surface area contributed by atoms with Crippen molar-refractivity contribution in [3.63, 3.8) is 0 Å². The molecule has 0 saturated heterocycles. The third-order valence-electron chi connectivity index (χ3n) is 1.69. The quantitative estimate of drug-likeness (QED) is 0.300. The summed E-state index contributed by atoms with van der Waals surface area (Å²) in [4.78, 5) is 0. The molecule has 0 saturated carbocycles. The third kappa shape index (κ3) is 5.15. The van der Waals surface area contributed by atoms with Crippen molar-refractivity contribution in [3.8, 4) is 0 Å². The smallest absolute Gasteiger partial charge is 0.156 e. The van der Waals surface area contributed by atoms with Crippen LogP contribution in [0.4, 0.5) is 0 Å². The number of aliphatic hydroxyl groups excluding tert-OH is 2. The number of hydrogen-bond donors (Lipinski definition) is 4. The van der Waals surface area contributed by atoms with Gasteiger partial charge in [-0.05, 0) is 19.4 Å². The molecular weight excluding hydrogens is 146 g/mol. The molecule has 4 heteroatoms. The van der Waals surface area contributed by atoms with Gasteiger partial charge >= 0.3 is 0 Å². The standard InChI is InChI=1S/C7H17NO3/c8-4-2-1-3-6(5-9)7(10)11/h6-7,9-11H,1-5,8H2. The Morgan fingerprint density at radius 1 is 1.18 bits per heavy atom. The number of hydrogen-bond acceptors (Lipinski definition) is 4. The van der Waals surface area contributed by atoms with Gasteiger partial charge in [0, 0.05) is 5.92 Å². The van der Waals surface area contributed by atoms with E-state index in [1.807, 2.05) is 0 Å². The second-order valence-electron chi connectivity index (χ2n) is 2.64. The Hall–Kier alpha value is -0.160. The molecule has 0 amide bonds. The number of unbranched alkanes of at least 4 members (excludes halogenated alkanes) is 1. The van der Waals surface area contributed by atoms with Crippen LogP contribution in [0.1, 0.15) is 19.3 Å². The van der Waals surface area contributed by atoms with Crippen molar-refractivity contribution in [1.29, 1.82) is 0 Å². The first kappa shape index (κ1) is 10.8. The highest BCUT2D eigenvalue weighted by molar-refractivity contribution is 4.59. The zero-order chi connectivity index (χ0) is 8.69. The van der Waals surface area contributed by atoms with Gasteiger partial charge < -0.3 is 21.1 Å². The van der Waals surface area contributed by atoms with Crippen LogP contribution in [0.15, 0.2) is 0 Å². The molecule has 4 nitrogen and oxygen atoms in total. The van der Waals surface area contributed by atoms with Gasteiger partial charge in [-0.2, -0.15) is 0 Å². The average molecular weight is 163 g/mol. The zero-order valence-electron chi connectivity index (χ0n) is 6.61. The van der Waals surface area contributed by atoms with Gasteiger partial charge in [0.05, 0.1) is 6.61 Å². The fraction of sp³-hybridized carbons (Fsp3) is 1.00. The molecule has 5 N–H and O–H groups in total. The molecule has 68 valence electrons. The highest BCUT2D eigenvalue weighted by atomic mass is 16.5.